The van der Waals surface area contributed by atoms with Crippen molar-refractivity contribution in [3.05, 3.63) is 47.2 Å². The van der Waals surface area contributed by atoms with Gasteiger partial charge in [0.15, 0.2) is 5.82 Å². The van der Waals surface area contributed by atoms with E-state index in [2.05, 4.69) is 40.2 Å². The molecule has 0 unspecified atom stereocenters. The first-order valence-electron chi connectivity index (χ1n) is 8.79. The van der Waals surface area contributed by atoms with Crippen LogP contribution in [0.4, 0.5) is 0 Å². The Balaban J connectivity index is 1.47. The number of fused-ring (bicyclic) bond motifs is 1. The first-order chi connectivity index (χ1) is 12.1. The molecule has 3 heterocycles. The van der Waals surface area contributed by atoms with Gasteiger partial charge in [-0.25, -0.2) is 0 Å². The summed E-state index contributed by atoms with van der Waals surface area (Å²) < 4.78 is 5.08. The number of likely N-dealkylation sites (tertiary alicyclic amines) is 1. The van der Waals surface area contributed by atoms with Gasteiger partial charge in [0, 0.05) is 37.0 Å². The van der Waals surface area contributed by atoms with Crippen LogP contribution in [0.25, 0.3) is 10.9 Å². The Kier molecular flexibility index (Phi) is 4.03. The van der Waals surface area contributed by atoms with E-state index in [1.54, 1.807) is 6.92 Å². The van der Waals surface area contributed by atoms with Gasteiger partial charge in [-0.2, -0.15) is 4.98 Å². The molecule has 6 nitrogen and oxygen atoms in total. The van der Waals surface area contributed by atoms with Crippen molar-refractivity contribution in [2.75, 3.05) is 6.54 Å². The fraction of sp³-hybridized carbons (Fsp3) is 0.421. The van der Waals surface area contributed by atoms with E-state index in [9.17, 15) is 4.79 Å². The summed E-state index contributed by atoms with van der Waals surface area (Å²) in [5, 5.41) is 5.21. The van der Waals surface area contributed by atoms with E-state index < -0.39 is 0 Å². The van der Waals surface area contributed by atoms with E-state index in [1.165, 1.54) is 16.5 Å². The summed E-state index contributed by atoms with van der Waals surface area (Å²) in [5.41, 5.74) is 3.58. The summed E-state index contributed by atoms with van der Waals surface area (Å²) in [7, 11) is 0. The number of rotatable bonds is 4. The molecule has 2 aromatic heterocycles. The lowest BCUT2D eigenvalue weighted by atomic mass is 10.1. The van der Waals surface area contributed by atoms with Crippen LogP contribution >= 0.6 is 0 Å². The molecule has 130 valence electrons. The zero-order chi connectivity index (χ0) is 17.4. The Morgan fingerprint density at radius 1 is 1.40 bits per heavy atom. The lowest BCUT2D eigenvalue weighted by molar-refractivity contribution is -0.132. The van der Waals surface area contributed by atoms with E-state index >= 15 is 0 Å². The van der Waals surface area contributed by atoms with Crippen molar-refractivity contribution in [1.82, 2.24) is 20.0 Å². The van der Waals surface area contributed by atoms with E-state index in [1.807, 2.05) is 11.1 Å². The molecule has 6 heteroatoms. The van der Waals surface area contributed by atoms with Gasteiger partial charge in [0.2, 0.25) is 11.8 Å². The Bertz CT molecular complexity index is 911. The molecule has 0 radical (unpaired) electrons. The van der Waals surface area contributed by atoms with Crippen LogP contribution in [0.3, 0.4) is 0 Å². The smallest absolute Gasteiger partial charge is 0.223 e. The van der Waals surface area contributed by atoms with Crippen molar-refractivity contribution >= 4 is 16.8 Å². The minimum atomic E-state index is -0.0461. The molecule has 0 spiro atoms. The molecule has 4 rings (SSSR count). The Labute approximate surface area is 146 Å². The zero-order valence-corrected chi connectivity index (χ0v) is 14.6. The van der Waals surface area contributed by atoms with Crippen LogP contribution in [0.5, 0.6) is 0 Å². The quantitative estimate of drug-likeness (QED) is 0.790. The zero-order valence-electron chi connectivity index (χ0n) is 14.6. The molecule has 25 heavy (non-hydrogen) atoms. The minimum Gasteiger partial charge on any atom is -0.361 e. The lowest BCUT2D eigenvalue weighted by Crippen LogP contribution is -2.31. The average Bonchev–Trinajstić information content (AvgIpc) is 3.32. The first kappa shape index (κ1) is 15.9. The summed E-state index contributed by atoms with van der Waals surface area (Å²) in [4.78, 5) is 22.3. The molecule has 1 aliphatic rings. The highest BCUT2D eigenvalue weighted by Crippen LogP contribution is 2.31. The molecule has 0 aliphatic carbocycles. The van der Waals surface area contributed by atoms with Gasteiger partial charge in [-0.15, -0.1) is 0 Å². The van der Waals surface area contributed by atoms with Crippen molar-refractivity contribution in [2.45, 2.75) is 45.6 Å². The third-order valence-electron chi connectivity index (χ3n) is 5.03. The summed E-state index contributed by atoms with van der Waals surface area (Å²) in [6, 6.07) is 6.22. The number of carbonyl (C=O) groups is 1. The Morgan fingerprint density at radius 2 is 2.28 bits per heavy atom. The molecule has 1 aromatic carbocycles. The Hall–Kier alpha value is -2.63. The van der Waals surface area contributed by atoms with E-state index in [0.29, 0.717) is 18.1 Å². The number of aryl methyl sites for hydroxylation is 3. The van der Waals surface area contributed by atoms with E-state index in [4.69, 9.17) is 4.52 Å². The van der Waals surface area contributed by atoms with E-state index in [0.717, 1.165) is 31.3 Å². The summed E-state index contributed by atoms with van der Waals surface area (Å²) in [6.07, 6.45) is 5.13. The van der Waals surface area contributed by atoms with Crippen molar-refractivity contribution in [3.8, 4) is 0 Å². The highest BCUT2D eigenvalue weighted by atomic mass is 16.5. The van der Waals surface area contributed by atoms with Gasteiger partial charge in [-0.1, -0.05) is 23.4 Å². The molecule has 3 aromatic rings. The third-order valence-corrected chi connectivity index (χ3v) is 5.03. The third kappa shape index (κ3) is 2.92. The van der Waals surface area contributed by atoms with Crippen LogP contribution < -0.4 is 0 Å². The molecule has 1 atom stereocenters. The van der Waals surface area contributed by atoms with Gasteiger partial charge in [0.05, 0.1) is 6.04 Å². The van der Waals surface area contributed by atoms with Crippen LogP contribution in [0.2, 0.25) is 0 Å². The number of nitrogens with one attached hydrogen (secondary N) is 1. The van der Waals surface area contributed by atoms with Gasteiger partial charge in [0.1, 0.15) is 0 Å². The lowest BCUT2D eigenvalue weighted by Gasteiger charge is -2.22. The molecular weight excluding hydrogens is 316 g/mol. The minimum absolute atomic E-state index is 0.0461. The van der Waals surface area contributed by atoms with Crippen molar-refractivity contribution < 1.29 is 9.32 Å². The van der Waals surface area contributed by atoms with Crippen LogP contribution in [0, 0.1) is 13.8 Å². The molecule has 1 saturated heterocycles. The number of para-hydroxylation sites is 1. The maximum absolute atomic E-state index is 12.8. The maximum Gasteiger partial charge on any atom is 0.223 e. The highest BCUT2D eigenvalue weighted by molar-refractivity contribution is 5.86. The fourth-order valence-corrected chi connectivity index (χ4v) is 3.74. The van der Waals surface area contributed by atoms with Crippen LogP contribution in [0.1, 0.15) is 48.1 Å². The van der Waals surface area contributed by atoms with Crippen molar-refractivity contribution in [2.24, 2.45) is 0 Å². The van der Waals surface area contributed by atoms with Crippen LogP contribution in [-0.2, 0) is 11.2 Å². The number of aromatic nitrogens is 3. The van der Waals surface area contributed by atoms with Gasteiger partial charge in [-0.05, 0) is 37.3 Å². The molecular formula is C19H22N4O2. The molecule has 1 aliphatic heterocycles. The second kappa shape index (κ2) is 6.35. The SMILES string of the molecule is Cc1nc([C@@H]2CCCN2C(=O)CCc2c[nH]c3c(C)cccc23)no1. The number of benzene rings is 1. The largest absolute Gasteiger partial charge is 0.361 e. The number of aromatic amines is 1. The van der Waals surface area contributed by atoms with Gasteiger partial charge in [0.25, 0.3) is 0 Å². The van der Waals surface area contributed by atoms with Gasteiger partial charge >= 0.3 is 0 Å². The number of H-pyrrole nitrogens is 1. The van der Waals surface area contributed by atoms with Gasteiger partial charge in [-0.3, -0.25) is 4.79 Å². The number of amides is 1. The highest BCUT2D eigenvalue weighted by Gasteiger charge is 2.32. The normalized spacial score (nSPS) is 17.5. The molecule has 0 bridgehead atoms. The summed E-state index contributed by atoms with van der Waals surface area (Å²) in [5.74, 6) is 1.33. The standard InChI is InChI=1S/C19H22N4O2/c1-12-5-3-6-15-14(11-20-18(12)15)8-9-17(24)23-10-4-7-16(23)19-21-13(2)25-22-19/h3,5-6,11,16,20H,4,7-10H2,1-2H3/t16-/m0/s1. The van der Waals surface area contributed by atoms with Crippen LogP contribution in [0.15, 0.2) is 28.9 Å². The summed E-state index contributed by atoms with van der Waals surface area (Å²) in [6.45, 7) is 4.64. The second-order valence-corrected chi connectivity index (χ2v) is 6.73. The molecule has 1 N–H and O–H groups in total. The average molecular weight is 338 g/mol. The number of nitrogens with zero attached hydrogens (tertiary/aromatic N) is 3. The van der Waals surface area contributed by atoms with Crippen molar-refractivity contribution in [3.63, 3.8) is 0 Å². The maximum atomic E-state index is 12.8. The summed E-state index contributed by atoms with van der Waals surface area (Å²) >= 11 is 0. The fourth-order valence-electron chi connectivity index (χ4n) is 3.74. The topological polar surface area (TPSA) is 75.0 Å². The molecule has 0 saturated carbocycles. The predicted molar refractivity (Wildman–Crippen MR) is 94.1 cm³/mol. The van der Waals surface area contributed by atoms with Crippen molar-refractivity contribution in [1.29, 1.82) is 0 Å². The number of carbonyl (C=O) groups excluding carboxylic acids is 1. The second-order valence-electron chi connectivity index (χ2n) is 6.73. The molecule has 1 fully saturated rings. The van der Waals surface area contributed by atoms with Crippen LogP contribution in [-0.4, -0.2) is 32.5 Å². The molecule has 1 amide bonds. The predicted octanol–water partition coefficient (Wildman–Crippen LogP) is 3.46. The number of hydrogen-bond donors (Lipinski definition) is 1. The first-order valence-corrected chi connectivity index (χ1v) is 8.79. The Morgan fingerprint density at radius 3 is 3.08 bits per heavy atom. The monoisotopic (exact) mass is 338 g/mol. The number of hydrogen-bond acceptors (Lipinski definition) is 4. The van der Waals surface area contributed by atoms with E-state index in [-0.39, 0.29) is 11.9 Å². The van der Waals surface area contributed by atoms with Gasteiger partial charge < -0.3 is 14.4 Å².